The summed E-state index contributed by atoms with van der Waals surface area (Å²) in [6, 6.07) is 14.2. The Bertz CT molecular complexity index is 950. The Balaban J connectivity index is 1.62. The summed E-state index contributed by atoms with van der Waals surface area (Å²) in [5, 5.41) is 8.07. The smallest absolute Gasteiger partial charge is 0.247 e. The number of hydrogen-bond acceptors (Lipinski definition) is 4. The van der Waals surface area contributed by atoms with Crippen molar-refractivity contribution in [2.75, 3.05) is 6.54 Å². The molecule has 0 unspecified atom stereocenters. The molecular weight excluding hydrogens is 357 g/mol. The van der Waals surface area contributed by atoms with Crippen molar-refractivity contribution in [3.05, 3.63) is 84.0 Å². The van der Waals surface area contributed by atoms with Crippen LogP contribution >= 0.6 is 0 Å². The van der Waals surface area contributed by atoms with Gasteiger partial charge in [-0.15, -0.1) is 16.8 Å². The Labute approximate surface area is 163 Å². The zero-order chi connectivity index (χ0) is 19.9. The molecule has 0 aliphatic heterocycles. The first-order chi connectivity index (χ1) is 13.6. The van der Waals surface area contributed by atoms with Crippen LogP contribution in [0.1, 0.15) is 23.4 Å². The van der Waals surface area contributed by atoms with E-state index in [1.54, 1.807) is 29.2 Å². The minimum Gasteiger partial charge on any atom is -0.421 e. The summed E-state index contributed by atoms with van der Waals surface area (Å²) in [4.78, 5) is 14.2. The maximum Gasteiger partial charge on any atom is 0.247 e. The predicted molar refractivity (Wildman–Crippen MR) is 105 cm³/mol. The van der Waals surface area contributed by atoms with Crippen molar-refractivity contribution in [1.82, 2.24) is 15.1 Å². The second-order valence-electron chi connectivity index (χ2n) is 6.52. The number of carbonyl (C=O) groups is 1. The molecule has 0 saturated heterocycles. The fraction of sp³-hybridized carbons (Fsp3) is 0.227. The van der Waals surface area contributed by atoms with Gasteiger partial charge in [-0.2, -0.15) is 0 Å². The van der Waals surface area contributed by atoms with E-state index < -0.39 is 0 Å². The number of benzene rings is 2. The predicted octanol–water partition coefficient (Wildman–Crippen LogP) is 4.33. The van der Waals surface area contributed by atoms with Crippen LogP contribution in [-0.2, 0) is 17.8 Å². The average Bonchev–Trinajstić information content (AvgIpc) is 3.17. The SMILES string of the molecule is C=CCN(Cc1ccccc1F)C(=O)CCc1nnc(-c2ccc(C)cc2)o1. The Morgan fingerprint density at radius 1 is 1.18 bits per heavy atom. The van der Waals surface area contributed by atoms with E-state index in [0.717, 1.165) is 11.1 Å². The summed E-state index contributed by atoms with van der Waals surface area (Å²) in [6.45, 7) is 6.21. The third-order valence-corrected chi connectivity index (χ3v) is 4.34. The van der Waals surface area contributed by atoms with E-state index in [1.165, 1.54) is 6.07 Å². The lowest BCUT2D eigenvalue weighted by molar-refractivity contribution is -0.131. The van der Waals surface area contributed by atoms with Crippen molar-refractivity contribution in [3.63, 3.8) is 0 Å². The van der Waals surface area contributed by atoms with Gasteiger partial charge >= 0.3 is 0 Å². The van der Waals surface area contributed by atoms with Crippen LogP contribution < -0.4 is 0 Å². The summed E-state index contributed by atoms with van der Waals surface area (Å²) in [6.07, 6.45) is 2.14. The van der Waals surface area contributed by atoms with E-state index in [-0.39, 0.29) is 24.7 Å². The molecule has 1 aromatic heterocycles. The molecule has 0 saturated carbocycles. The summed E-state index contributed by atoms with van der Waals surface area (Å²) in [5.41, 5.74) is 2.45. The highest BCUT2D eigenvalue weighted by molar-refractivity contribution is 5.76. The standard InChI is InChI=1S/C22H22FN3O2/c1-3-14-26(15-18-6-4-5-7-19(18)23)21(27)13-12-20-24-25-22(28-20)17-10-8-16(2)9-11-17/h3-11H,1,12-15H2,2H3. The third-order valence-electron chi connectivity index (χ3n) is 4.34. The van der Waals surface area contributed by atoms with Crippen molar-refractivity contribution >= 4 is 5.91 Å². The maximum atomic E-state index is 13.9. The van der Waals surface area contributed by atoms with Gasteiger partial charge in [0.05, 0.1) is 0 Å². The number of amides is 1. The molecule has 0 N–H and O–H groups in total. The molecule has 5 nitrogen and oxygen atoms in total. The van der Waals surface area contributed by atoms with E-state index in [1.807, 2.05) is 31.2 Å². The van der Waals surface area contributed by atoms with Gasteiger partial charge in [-0.05, 0) is 25.1 Å². The third kappa shape index (κ3) is 4.91. The van der Waals surface area contributed by atoms with Gasteiger partial charge in [0.25, 0.3) is 0 Å². The van der Waals surface area contributed by atoms with Crippen molar-refractivity contribution in [2.24, 2.45) is 0 Å². The maximum absolute atomic E-state index is 13.9. The topological polar surface area (TPSA) is 59.2 Å². The van der Waals surface area contributed by atoms with Gasteiger partial charge in [-0.3, -0.25) is 4.79 Å². The first-order valence-electron chi connectivity index (χ1n) is 9.08. The molecule has 6 heteroatoms. The van der Waals surface area contributed by atoms with Crippen LogP contribution in [0.15, 0.2) is 65.6 Å². The van der Waals surface area contributed by atoms with E-state index in [0.29, 0.717) is 30.3 Å². The number of aromatic nitrogens is 2. The highest BCUT2D eigenvalue weighted by Crippen LogP contribution is 2.19. The van der Waals surface area contributed by atoms with Crippen molar-refractivity contribution in [2.45, 2.75) is 26.3 Å². The van der Waals surface area contributed by atoms with E-state index in [2.05, 4.69) is 16.8 Å². The molecule has 28 heavy (non-hydrogen) atoms. The second-order valence-corrected chi connectivity index (χ2v) is 6.52. The minimum absolute atomic E-state index is 0.127. The molecule has 0 bridgehead atoms. The molecule has 0 aliphatic rings. The normalized spacial score (nSPS) is 10.6. The van der Waals surface area contributed by atoms with Gasteiger partial charge in [0.1, 0.15) is 5.82 Å². The lowest BCUT2D eigenvalue weighted by Crippen LogP contribution is -2.31. The fourth-order valence-corrected chi connectivity index (χ4v) is 2.78. The number of aryl methyl sites for hydroxylation is 2. The summed E-state index contributed by atoms with van der Waals surface area (Å²) in [5.74, 6) is 0.368. The second kappa shape index (κ2) is 9.08. The molecule has 3 rings (SSSR count). The molecule has 144 valence electrons. The van der Waals surface area contributed by atoms with Crippen LogP contribution in [0.2, 0.25) is 0 Å². The number of halogens is 1. The lowest BCUT2D eigenvalue weighted by atomic mass is 10.1. The zero-order valence-corrected chi connectivity index (χ0v) is 15.8. The van der Waals surface area contributed by atoms with Crippen LogP contribution in [-0.4, -0.2) is 27.5 Å². The number of nitrogens with zero attached hydrogens (tertiary/aromatic N) is 3. The van der Waals surface area contributed by atoms with Gasteiger partial charge in [0.2, 0.25) is 17.7 Å². The van der Waals surface area contributed by atoms with Crippen LogP contribution in [0.3, 0.4) is 0 Å². The van der Waals surface area contributed by atoms with E-state index >= 15 is 0 Å². The first kappa shape index (κ1) is 19.5. The van der Waals surface area contributed by atoms with E-state index in [9.17, 15) is 9.18 Å². The summed E-state index contributed by atoms with van der Waals surface area (Å²) >= 11 is 0. The van der Waals surface area contributed by atoms with Gasteiger partial charge in [-0.25, -0.2) is 4.39 Å². The van der Waals surface area contributed by atoms with Gasteiger partial charge in [0, 0.05) is 37.1 Å². The molecule has 0 atom stereocenters. The minimum atomic E-state index is -0.330. The Hall–Kier alpha value is -3.28. The lowest BCUT2D eigenvalue weighted by Gasteiger charge is -2.21. The van der Waals surface area contributed by atoms with Gasteiger partial charge < -0.3 is 9.32 Å². The van der Waals surface area contributed by atoms with Crippen LogP contribution in [0.5, 0.6) is 0 Å². The molecule has 0 radical (unpaired) electrons. The first-order valence-corrected chi connectivity index (χ1v) is 9.08. The van der Waals surface area contributed by atoms with Crippen LogP contribution in [0, 0.1) is 12.7 Å². The Morgan fingerprint density at radius 3 is 2.64 bits per heavy atom. The summed E-state index contributed by atoms with van der Waals surface area (Å²) < 4.78 is 19.6. The molecule has 0 spiro atoms. The van der Waals surface area contributed by atoms with Crippen molar-refractivity contribution in [3.8, 4) is 11.5 Å². The monoisotopic (exact) mass is 379 g/mol. The highest BCUT2D eigenvalue weighted by atomic mass is 19.1. The fourth-order valence-electron chi connectivity index (χ4n) is 2.78. The largest absolute Gasteiger partial charge is 0.421 e. The Morgan fingerprint density at radius 2 is 1.93 bits per heavy atom. The zero-order valence-electron chi connectivity index (χ0n) is 15.8. The Kier molecular flexibility index (Phi) is 6.32. The van der Waals surface area contributed by atoms with Crippen LogP contribution in [0.25, 0.3) is 11.5 Å². The van der Waals surface area contributed by atoms with E-state index in [4.69, 9.17) is 4.42 Å². The number of rotatable bonds is 8. The van der Waals surface area contributed by atoms with Gasteiger partial charge in [0.15, 0.2) is 0 Å². The van der Waals surface area contributed by atoms with Gasteiger partial charge in [-0.1, -0.05) is 42.0 Å². The molecule has 1 amide bonds. The van der Waals surface area contributed by atoms with Crippen molar-refractivity contribution in [1.29, 1.82) is 0 Å². The molecule has 3 aromatic rings. The quantitative estimate of drug-likeness (QED) is 0.547. The molecule has 0 aliphatic carbocycles. The molecule has 1 heterocycles. The number of carbonyl (C=O) groups excluding carboxylic acids is 1. The van der Waals surface area contributed by atoms with Crippen molar-refractivity contribution < 1.29 is 13.6 Å². The molecular formula is C22H22FN3O2. The summed E-state index contributed by atoms with van der Waals surface area (Å²) in [7, 11) is 0. The average molecular weight is 379 g/mol. The molecule has 2 aromatic carbocycles. The highest BCUT2D eigenvalue weighted by Gasteiger charge is 2.16. The number of hydrogen-bond donors (Lipinski definition) is 0. The molecule has 0 fully saturated rings. The van der Waals surface area contributed by atoms with Crippen LogP contribution in [0.4, 0.5) is 4.39 Å².